The minimum Gasteiger partial charge on any atom is -0.358 e. The van der Waals surface area contributed by atoms with Crippen LogP contribution in [0.5, 0.6) is 0 Å². The lowest BCUT2D eigenvalue weighted by Gasteiger charge is -2.09. The molecule has 1 aromatic heterocycles. The van der Waals surface area contributed by atoms with Crippen molar-refractivity contribution in [3.63, 3.8) is 0 Å². The Balaban J connectivity index is 2.34. The number of fused-ring (bicyclic) bond motifs is 3. The molecule has 1 heterocycles. The number of aromatic amines is 1. The van der Waals surface area contributed by atoms with Crippen LogP contribution < -0.4 is 0 Å². The van der Waals surface area contributed by atoms with E-state index in [4.69, 9.17) is 0 Å². The Bertz CT molecular complexity index is 597. The lowest BCUT2D eigenvalue weighted by molar-refractivity contribution is -0.118. The van der Waals surface area contributed by atoms with E-state index < -0.39 is 0 Å². The number of H-pyrrole nitrogens is 1. The van der Waals surface area contributed by atoms with Gasteiger partial charge in [-0.05, 0) is 36.6 Å². The molecule has 2 nitrogen and oxygen atoms in total. The van der Waals surface area contributed by atoms with Crippen LogP contribution in [0.25, 0.3) is 10.9 Å². The molecule has 0 saturated carbocycles. The number of carbonyl (C=O) groups excluding carboxylic acids is 1. The Labute approximate surface area is 102 Å². The van der Waals surface area contributed by atoms with Crippen molar-refractivity contribution in [2.24, 2.45) is 0 Å². The first-order chi connectivity index (χ1) is 7.65. The van der Waals surface area contributed by atoms with Crippen LogP contribution in [0.3, 0.4) is 0 Å². The van der Waals surface area contributed by atoms with Gasteiger partial charge >= 0.3 is 0 Å². The number of rotatable bonds is 0. The standard InChI is InChI=1S/C13H12BrNO/c1-7-4-8(14)5-11-10-6-9(16)2-3-12(10)15-13(7)11/h4-5,15H,2-3,6H2,1H3. The summed E-state index contributed by atoms with van der Waals surface area (Å²) in [6, 6.07) is 4.21. The summed E-state index contributed by atoms with van der Waals surface area (Å²) in [5.41, 5.74) is 4.86. The molecular weight excluding hydrogens is 266 g/mol. The molecule has 2 aromatic rings. The third kappa shape index (κ3) is 1.42. The van der Waals surface area contributed by atoms with Gasteiger partial charge in [0.25, 0.3) is 0 Å². The van der Waals surface area contributed by atoms with Crippen molar-refractivity contribution in [3.05, 3.63) is 33.4 Å². The second-order valence-electron chi connectivity index (χ2n) is 4.44. The zero-order chi connectivity index (χ0) is 11.3. The van der Waals surface area contributed by atoms with E-state index in [1.165, 1.54) is 27.7 Å². The zero-order valence-electron chi connectivity index (χ0n) is 9.06. The number of aryl methyl sites for hydroxylation is 2. The number of aromatic nitrogens is 1. The molecule has 16 heavy (non-hydrogen) atoms. The molecule has 82 valence electrons. The Morgan fingerprint density at radius 2 is 2.12 bits per heavy atom. The van der Waals surface area contributed by atoms with Crippen LogP contribution in [-0.2, 0) is 17.6 Å². The number of carbonyl (C=O) groups is 1. The number of Topliss-reactive ketones (excluding diaryl/α,β-unsaturated/α-hetero) is 1. The van der Waals surface area contributed by atoms with Gasteiger partial charge < -0.3 is 4.98 Å². The lowest BCUT2D eigenvalue weighted by atomic mass is 9.94. The fraction of sp³-hybridized carbons (Fsp3) is 0.308. The Morgan fingerprint density at radius 3 is 2.94 bits per heavy atom. The molecular formula is C13H12BrNO. The molecule has 3 rings (SSSR count). The largest absolute Gasteiger partial charge is 0.358 e. The second-order valence-corrected chi connectivity index (χ2v) is 5.36. The van der Waals surface area contributed by atoms with Crippen molar-refractivity contribution in [2.45, 2.75) is 26.2 Å². The van der Waals surface area contributed by atoms with E-state index in [1.807, 2.05) is 0 Å². The number of halogens is 1. The van der Waals surface area contributed by atoms with E-state index in [0.29, 0.717) is 18.6 Å². The summed E-state index contributed by atoms with van der Waals surface area (Å²) in [6.07, 6.45) is 2.13. The third-order valence-electron chi connectivity index (χ3n) is 3.29. The van der Waals surface area contributed by atoms with E-state index in [9.17, 15) is 4.79 Å². The molecule has 0 bridgehead atoms. The molecule has 1 aromatic carbocycles. The van der Waals surface area contributed by atoms with Crippen molar-refractivity contribution >= 4 is 32.6 Å². The first-order valence-electron chi connectivity index (χ1n) is 5.46. The highest BCUT2D eigenvalue weighted by atomic mass is 79.9. The van der Waals surface area contributed by atoms with Crippen LogP contribution in [0, 0.1) is 6.92 Å². The van der Waals surface area contributed by atoms with Gasteiger partial charge in [0.2, 0.25) is 0 Å². The summed E-state index contributed by atoms with van der Waals surface area (Å²) < 4.78 is 1.08. The number of hydrogen-bond donors (Lipinski definition) is 1. The quantitative estimate of drug-likeness (QED) is 0.788. The Kier molecular flexibility index (Phi) is 2.18. The van der Waals surface area contributed by atoms with E-state index >= 15 is 0 Å². The number of hydrogen-bond acceptors (Lipinski definition) is 1. The predicted molar refractivity (Wildman–Crippen MR) is 67.8 cm³/mol. The van der Waals surface area contributed by atoms with Crippen LogP contribution >= 0.6 is 15.9 Å². The van der Waals surface area contributed by atoms with Crippen LogP contribution in [0.4, 0.5) is 0 Å². The summed E-state index contributed by atoms with van der Waals surface area (Å²) >= 11 is 3.51. The monoisotopic (exact) mass is 277 g/mol. The van der Waals surface area contributed by atoms with Crippen LogP contribution in [0.15, 0.2) is 16.6 Å². The molecule has 0 atom stereocenters. The number of ketones is 1. The van der Waals surface area contributed by atoms with Gasteiger partial charge in [0.15, 0.2) is 0 Å². The smallest absolute Gasteiger partial charge is 0.137 e. The van der Waals surface area contributed by atoms with Gasteiger partial charge in [-0.3, -0.25) is 4.79 Å². The lowest BCUT2D eigenvalue weighted by Crippen LogP contribution is -2.11. The molecule has 0 saturated heterocycles. The molecule has 0 aliphatic heterocycles. The number of benzene rings is 1. The molecule has 1 N–H and O–H groups in total. The molecule has 0 amide bonds. The minimum atomic E-state index is 0.353. The molecule has 0 fully saturated rings. The topological polar surface area (TPSA) is 32.9 Å². The molecule has 3 heteroatoms. The fourth-order valence-corrected chi connectivity index (χ4v) is 3.07. The summed E-state index contributed by atoms with van der Waals surface area (Å²) in [6.45, 7) is 2.09. The molecule has 0 unspecified atom stereocenters. The second kappa shape index (κ2) is 3.45. The van der Waals surface area contributed by atoms with Crippen molar-refractivity contribution in [1.29, 1.82) is 0 Å². The summed E-state index contributed by atoms with van der Waals surface area (Å²) in [7, 11) is 0. The SMILES string of the molecule is Cc1cc(Br)cc2c3c([nH]c12)CCC(=O)C3. The van der Waals surface area contributed by atoms with E-state index in [2.05, 4.69) is 40.0 Å². The first-order valence-corrected chi connectivity index (χ1v) is 6.26. The van der Waals surface area contributed by atoms with Crippen LogP contribution in [-0.4, -0.2) is 10.8 Å². The maximum atomic E-state index is 11.5. The fourth-order valence-electron chi connectivity index (χ4n) is 2.50. The maximum absolute atomic E-state index is 11.5. The van der Waals surface area contributed by atoms with Gasteiger partial charge in [-0.15, -0.1) is 0 Å². The normalized spacial score (nSPS) is 15.5. The van der Waals surface area contributed by atoms with Crippen molar-refractivity contribution in [2.75, 3.05) is 0 Å². The highest BCUT2D eigenvalue weighted by molar-refractivity contribution is 9.10. The van der Waals surface area contributed by atoms with Gasteiger partial charge in [0, 0.05) is 33.9 Å². The van der Waals surface area contributed by atoms with Gasteiger partial charge in [-0.25, -0.2) is 0 Å². The minimum absolute atomic E-state index is 0.353. The highest BCUT2D eigenvalue weighted by Gasteiger charge is 2.20. The van der Waals surface area contributed by atoms with E-state index in [0.717, 1.165) is 10.9 Å². The van der Waals surface area contributed by atoms with E-state index in [1.54, 1.807) is 0 Å². The average Bonchev–Trinajstić information content (AvgIpc) is 2.57. The van der Waals surface area contributed by atoms with E-state index in [-0.39, 0.29) is 0 Å². The van der Waals surface area contributed by atoms with Gasteiger partial charge in [0.05, 0.1) is 0 Å². The van der Waals surface area contributed by atoms with Gasteiger partial charge in [0.1, 0.15) is 5.78 Å². The molecule has 0 radical (unpaired) electrons. The zero-order valence-corrected chi connectivity index (χ0v) is 10.6. The summed E-state index contributed by atoms with van der Waals surface area (Å²) in [5.74, 6) is 0.353. The highest BCUT2D eigenvalue weighted by Crippen LogP contribution is 2.31. The van der Waals surface area contributed by atoms with Crippen molar-refractivity contribution in [1.82, 2.24) is 4.98 Å². The predicted octanol–water partition coefficient (Wildman–Crippen LogP) is 3.30. The van der Waals surface area contributed by atoms with Gasteiger partial charge in [-0.2, -0.15) is 0 Å². The van der Waals surface area contributed by atoms with Crippen molar-refractivity contribution < 1.29 is 4.79 Å². The molecule has 0 spiro atoms. The maximum Gasteiger partial charge on any atom is 0.137 e. The van der Waals surface area contributed by atoms with Gasteiger partial charge in [-0.1, -0.05) is 15.9 Å². The number of nitrogens with one attached hydrogen (secondary N) is 1. The Hall–Kier alpha value is -1.09. The summed E-state index contributed by atoms with van der Waals surface area (Å²) in [5, 5.41) is 1.20. The molecule has 1 aliphatic rings. The van der Waals surface area contributed by atoms with Crippen LogP contribution in [0.1, 0.15) is 23.2 Å². The Morgan fingerprint density at radius 1 is 1.31 bits per heavy atom. The third-order valence-corrected chi connectivity index (χ3v) is 3.75. The first kappa shape index (κ1) is 10.1. The van der Waals surface area contributed by atoms with Crippen LogP contribution in [0.2, 0.25) is 0 Å². The van der Waals surface area contributed by atoms with Crippen molar-refractivity contribution in [3.8, 4) is 0 Å². The summed E-state index contributed by atoms with van der Waals surface area (Å²) in [4.78, 5) is 15.0. The average molecular weight is 278 g/mol. The molecule has 1 aliphatic carbocycles.